The molecule has 4 nitrogen and oxygen atoms in total. The molecule has 0 aliphatic carbocycles. The first-order valence-electron chi connectivity index (χ1n) is 6.88. The summed E-state index contributed by atoms with van der Waals surface area (Å²) in [7, 11) is 0. The second-order valence-corrected chi connectivity index (χ2v) is 5.78. The second kappa shape index (κ2) is 7.68. The lowest BCUT2D eigenvalue weighted by atomic mass is 10.0. The van der Waals surface area contributed by atoms with Crippen LogP contribution >= 0.6 is 0 Å². The van der Waals surface area contributed by atoms with E-state index in [2.05, 4.69) is 5.32 Å². The van der Waals surface area contributed by atoms with Gasteiger partial charge in [-0.15, -0.1) is 0 Å². The largest absolute Gasteiger partial charge is 0.444 e. The van der Waals surface area contributed by atoms with Crippen molar-refractivity contribution in [2.45, 2.75) is 51.7 Å². The number of hydrogen-bond donors (Lipinski definition) is 1. The van der Waals surface area contributed by atoms with Crippen LogP contribution in [-0.4, -0.2) is 24.0 Å². The maximum atomic E-state index is 11.8. The Morgan fingerprint density at radius 2 is 1.95 bits per heavy atom. The summed E-state index contributed by atoms with van der Waals surface area (Å²) < 4.78 is 5.25. The van der Waals surface area contributed by atoms with Crippen LogP contribution < -0.4 is 5.32 Å². The molecule has 1 amide bonds. The molecule has 1 unspecified atom stereocenters. The number of nitrogens with one attached hydrogen (secondary N) is 1. The van der Waals surface area contributed by atoms with Crippen molar-refractivity contribution in [1.82, 2.24) is 5.32 Å². The number of aldehydes is 1. The van der Waals surface area contributed by atoms with E-state index < -0.39 is 11.7 Å². The molecule has 0 aliphatic rings. The highest BCUT2D eigenvalue weighted by Gasteiger charge is 2.19. The van der Waals surface area contributed by atoms with Crippen LogP contribution in [0.1, 0.15) is 39.2 Å². The van der Waals surface area contributed by atoms with Gasteiger partial charge in [0.1, 0.15) is 11.9 Å². The molecule has 0 aromatic heterocycles. The molecule has 1 N–H and O–H groups in total. The fourth-order valence-corrected chi connectivity index (χ4v) is 1.87. The molecule has 4 heteroatoms. The Hall–Kier alpha value is -1.84. The van der Waals surface area contributed by atoms with Crippen molar-refractivity contribution in [3.63, 3.8) is 0 Å². The van der Waals surface area contributed by atoms with Gasteiger partial charge in [0.2, 0.25) is 0 Å². The van der Waals surface area contributed by atoms with Crippen molar-refractivity contribution in [3.05, 3.63) is 35.9 Å². The first kappa shape index (κ1) is 16.2. The van der Waals surface area contributed by atoms with Crippen LogP contribution in [0.5, 0.6) is 0 Å². The van der Waals surface area contributed by atoms with Crippen molar-refractivity contribution >= 4 is 12.4 Å². The van der Waals surface area contributed by atoms with Crippen LogP contribution in [0.2, 0.25) is 0 Å². The second-order valence-electron chi connectivity index (χ2n) is 5.78. The summed E-state index contributed by atoms with van der Waals surface area (Å²) in [5, 5.41) is 2.84. The van der Waals surface area contributed by atoms with Gasteiger partial charge < -0.3 is 14.8 Å². The van der Waals surface area contributed by atoms with Gasteiger partial charge in [-0.05, 0) is 39.2 Å². The lowest BCUT2D eigenvalue weighted by Gasteiger charge is -2.23. The quantitative estimate of drug-likeness (QED) is 0.813. The van der Waals surface area contributed by atoms with Crippen molar-refractivity contribution in [1.29, 1.82) is 0 Å². The predicted molar refractivity (Wildman–Crippen MR) is 78.6 cm³/mol. The zero-order valence-corrected chi connectivity index (χ0v) is 12.4. The molecule has 0 bridgehead atoms. The van der Waals surface area contributed by atoms with Crippen LogP contribution in [0.15, 0.2) is 30.3 Å². The first-order valence-corrected chi connectivity index (χ1v) is 6.88. The molecule has 0 aliphatic heterocycles. The Kier molecular flexibility index (Phi) is 6.22. The predicted octanol–water partition coefficient (Wildman–Crippen LogP) is 3.10. The average molecular weight is 277 g/mol. The van der Waals surface area contributed by atoms with Gasteiger partial charge in [0.25, 0.3) is 0 Å². The Balaban J connectivity index is 2.60. The topological polar surface area (TPSA) is 55.4 Å². The summed E-state index contributed by atoms with van der Waals surface area (Å²) in [6.45, 7) is 5.47. The SMILES string of the molecule is CC(C)(C)OC(=O)NC(CCC=O)Cc1ccccc1. The van der Waals surface area contributed by atoms with E-state index in [9.17, 15) is 9.59 Å². The average Bonchev–Trinajstić information content (AvgIpc) is 2.35. The summed E-state index contributed by atoms with van der Waals surface area (Å²) in [4.78, 5) is 22.3. The Morgan fingerprint density at radius 1 is 1.30 bits per heavy atom. The molecule has 1 aromatic rings. The molecule has 0 fully saturated rings. The minimum Gasteiger partial charge on any atom is -0.444 e. The van der Waals surface area contributed by atoms with Gasteiger partial charge in [-0.1, -0.05) is 30.3 Å². The number of alkyl carbamates (subject to hydrolysis) is 1. The van der Waals surface area contributed by atoms with E-state index in [1.165, 1.54) is 0 Å². The smallest absolute Gasteiger partial charge is 0.407 e. The molecular formula is C16H23NO3. The number of benzene rings is 1. The van der Waals surface area contributed by atoms with Crippen molar-refractivity contribution in [2.75, 3.05) is 0 Å². The summed E-state index contributed by atoms with van der Waals surface area (Å²) in [6.07, 6.45) is 2.15. The highest BCUT2D eigenvalue weighted by atomic mass is 16.6. The molecule has 0 saturated heterocycles. The van der Waals surface area contributed by atoms with E-state index in [4.69, 9.17) is 4.74 Å². The van der Waals surface area contributed by atoms with E-state index in [0.29, 0.717) is 19.3 Å². The van der Waals surface area contributed by atoms with Crippen LogP contribution in [0.4, 0.5) is 4.79 Å². The van der Waals surface area contributed by atoms with Crippen molar-refractivity contribution in [3.8, 4) is 0 Å². The third-order valence-corrected chi connectivity index (χ3v) is 2.68. The number of amides is 1. The van der Waals surface area contributed by atoms with Gasteiger partial charge in [0, 0.05) is 12.5 Å². The van der Waals surface area contributed by atoms with E-state index in [1.54, 1.807) is 0 Å². The molecule has 0 spiro atoms. The minimum atomic E-state index is -0.522. The van der Waals surface area contributed by atoms with Gasteiger partial charge in [-0.2, -0.15) is 0 Å². The van der Waals surface area contributed by atoms with Crippen LogP contribution in [0, 0.1) is 0 Å². The standard InChI is InChI=1S/C16H23NO3/c1-16(2,3)20-15(19)17-14(10-7-11-18)12-13-8-5-4-6-9-13/h4-6,8-9,11,14H,7,10,12H2,1-3H3,(H,17,19). The molecule has 0 heterocycles. The van der Waals surface area contributed by atoms with Crippen molar-refractivity contribution < 1.29 is 14.3 Å². The molecule has 0 saturated carbocycles. The normalized spacial score (nSPS) is 12.6. The summed E-state index contributed by atoms with van der Waals surface area (Å²) in [5.41, 5.74) is 0.603. The number of ether oxygens (including phenoxy) is 1. The maximum absolute atomic E-state index is 11.8. The minimum absolute atomic E-state index is 0.0996. The lowest BCUT2D eigenvalue weighted by molar-refractivity contribution is -0.108. The van der Waals surface area contributed by atoms with Gasteiger partial charge in [-0.3, -0.25) is 0 Å². The van der Waals surface area contributed by atoms with Gasteiger partial charge in [-0.25, -0.2) is 4.79 Å². The third-order valence-electron chi connectivity index (χ3n) is 2.68. The van der Waals surface area contributed by atoms with Crippen LogP contribution in [-0.2, 0) is 16.0 Å². The zero-order valence-electron chi connectivity index (χ0n) is 12.4. The van der Waals surface area contributed by atoms with E-state index in [1.807, 2.05) is 51.1 Å². The van der Waals surface area contributed by atoms with Crippen LogP contribution in [0.25, 0.3) is 0 Å². The molecule has 110 valence electrons. The Morgan fingerprint density at radius 3 is 2.50 bits per heavy atom. The van der Waals surface area contributed by atoms with Gasteiger partial charge >= 0.3 is 6.09 Å². The highest BCUT2D eigenvalue weighted by molar-refractivity contribution is 5.68. The monoisotopic (exact) mass is 277 g/mol. The van der Waals surface area contributed by atoms with Crippen molar-refractivity contribution in [2.24, 2.45) is 0 Å². The molecule has 0 radical (unpaired) electrons. The molecular weight excluding hydrogens is 254 g/mol. The fraction of sp³-hybridized carbons (Fsp3) is 0.500. The fourth-order valence-electron chi connectivity index (χ4n) is 1.87. The molecule has 1 aromatic carbocycles. The van der Waals surface area contributed by atoms with E-state index in [0.717, 1.165) is 11.8 Å². The number of hydrogen-bond acceptors (Lipinski definition) is 3. The van der Waals surface area contributed by atoms with E-state index >= 15 is 0 Å². The highest BCUT2D eigenvalue weighted by Crippen LogP contribution is 2.10. The molecule has 1 atom stereocenters. The summed E-state index contributed by atoms with van der Waals surface area (Å²) in [6, 6.07) is 9.78. The number of carbonyl (C=O) groups excluding carboxylic acids is 2. The Labute approximate surface area is 120 Å². The van der Waals surface area contributed by atoms with Crippen LogP contribution in [0.3, 0.4) is 0 Å². The molecule has 20 heavy (non-hydrogen) atoms. The molecule has 1 rings (SSSR count). The maximum Gasteiger partial charge on any atom is 0.407 e. The lowest BCUT2D eigenvalue weighted by Crippen LogP contribution is -2.40. The van der Waals surface area contributed by atoms with Gasteiger partial charge in [0.15, 0.2) is 0 Å². The van der Waals surface area contributed by atoms with Gasteiger partial charge in [0.05, 0.1) is 0 Å². The number of rotatable bonds is 6. The Bertz CT molecular complexity index is 423. The first-order chi connectivity index (χ1) is 9.40. The summed E-state index contributed by atoms with van der Waals surface area (Å²) in [5.74, 6) is 0. The number of carbonyl (C=O) groups is 2. The summed E-state index contributed by atoms with van der Waals surface area (Å²) >= 11 is 0. The third kappa shape index (κ3) is 6.92. The zero-order chi connectivity index (χ0) is 15.0. The van der Waals surface area contributed by atoms with E-state index in [-0.39, 0.29) is 6.04 Å².